The maximum absolute atomic E-state index is 10.6. The van der Waals surface area contributed by atoms with Crippen LogP contribution in [-0.2, 0) is 11.2 Å². The molecule has 0 radical (unpaired) electrons. The molecule has 0 saturated heterocycles. The van der Waals surface area contributed by atoms with E-state index in [4.69, 9.17) is 16.7 Å². The first-order valence-corrected chi connectivity index (χ1v) is 6.44. The third kappa shape index (κ3) is 4.39. The van der Waals surface area contributed by atoms with E-state index in [1.54, 1.807) is 0 Å². The Morgan fingerprint density at radius 1 is 1.35 bits per heavy atom. The van der Waals surface area contributed by atoms with Crippen molar-refractivity contribution in [3.05, 3.63) is 35.4 Å². The average molecular weight is 255 g/mol. The minimum atomic E-state index is -0.942. The SMILES string of the molecule is CCC(C)c1ccc(CCC(Cl)C(=O)O)cc1. The highest BCUT2D eigenvalue weighted by atomic mass is 35.5. The summed E-state index contributed by atoms with van der Waals surface area (Å²) < 4.78 is 0. The highest BCUT2D eigenvalue weighted by Gasteiger charge is 2.13. The molecule has 94 valence electrons. The zero-order chi connectivity index (χ0) is 12.8. The van der Waals surface area contributed by atoms with E-state index in [1.807, 2.05) is 0 Å². The number of carbonyl (C=O) groups is 1. The molecule has 0 heterocycles. The minimum absolute atomic E-state index is 0.472. The molecule has 1 N–H and O–H groups in total. The van der Waals surface area contributed by atoms with Crippen molar-refractivity contribution in [2.45, 2.75) is 44.4 Å². The Balaban J connectivity index is 2.54. The van der Waals surface area contributed by atoms with Crippen LogP contribution in [0.4, 0.5) is 0 Å². The van der Waals surface area contributed by atoms with E-state index >= 15 is 0 Å². The van der Waals surface area contributed by atoms with Gasteiger partial charge in [0.2, 0.25) is 0 Å². The molecule has 0 fully saturated rings. The summed E-state index contributed by atoms with van der Waals surface area (Å²) in [5, 5.41) is 7.89. The van der Waals surface area contributed by atoms with Gasteiger partial charge in [-0.3, -0.25) is 4.79 Å². The van der Waals surface area contributed by atoms with Crippen molar-refractivity contribution in [1.29, 1.82) is 0 Å². The van der Waals surface area contributed by atoms with Crippen LogP contribution in [0, 0.1) is 0 Å². The monoisotopic (exact) mass is 254 g/mol. The Hall–Kier alpha value is -1.02. The van der Waals surface area contributed by atoms with Crippen LogP contribution in [0.15, 0.2) is 24.3 Å². The first-order chi connectivity index (χ1) is 8.04. The predicted molar refractivity (Wildman–Crippen MR) is 70.7 cm³/mol. The van der Waals surface area contributed by atoms with Gasteiger partial charge in [0, 0.05) is 0 Å². The van der Waals surface area contributed by atoms with Gasteiger partial charge in [-0.25, -0.2) is 0 Å². The molecule has 1 aromatic rings. The molecule has 3 heteroatoms. The van der Waals surface area contributed by atoms with Crippen LogP contribution in [0.2, 0.25) is 0 Å². The lowest BCUT2D eigenvalue weighted by molar-refractivity contribution is -0.136. The second-order valence-corrected chi connectivity index (χ2v) is 4.92. The van der Waals surface area contributed by atoms with Gasteiger partial charge >= 0.3 is 5.97 Å². The van der Waals surface area contributed by atoms with Crippen LogP contribution in [0.5, 0.6) is 0 Å². The molecule has 0 saturated carbocycles. The fourth-order valence-corrected chi connectivity index (χ4v) is 1.77. The fraction of sp³-hybridized carbons (Fsp3) is 0.500. The van der Waals surface area contributed by atoms with Gasteiger partial charge in [-0.2, -0.15) is 0 Å². The molecule has 17 heavy (non-hydrogen) atoms. The molecule has 1 rings (SSSR count). The normalized spacial score (nSPS) is 14.3. The molecule has 2 atom stereocenters. The van der Waals surface area contributed by atoms with Crippen molar-refractivity contribution in [2.24, 2.45) is 0 Å². The van der Waals surface area contributed by atoms with E-state index in [1.165, 1.54) is 5.56 Å². The highest BCUT2D eigenvalue weighted by molar-refractivity contribution is 6.29. The Morgan fingerprint density at radius 3 is 2.41 bits per heavy atom. The van der Waals surface area contributed by atoms with Crippen LogP contribution < -0.4 is 0 Å². The number of rotatable bonds is 6. The van der Waals surface area contributed by atoms with Gasteiger partial charge in [-0.05, 0) is 36.3 Å². The maximum Gasteiger partial charge on any atom is 0.321 e. The summed E-state index contributed by atoms with van der Waals surface area (Å²) in [6, 6.07) is 8.36. The molecular formula is C14H19ClO2. The van der Waals surface area contributed by atoms with Gasteiger partial charge < -0.3 is 5.11 Å². The summed E-state index contributed by atoms with van der Waals surface area (Å²) in [6.45, 7) is 4.37. The Kier molecular flexibility index (Phi) is 5.49. The number of hydrogen-bond donors (Lipinski definition) is 1. The molecule has 0 amide bonds. The number of alkyl halides is 1. The molecular weight excluding hydrogens is 236 g/mol. The fourth-order valence-electron chi connectivity index (χ4n) is 1.67. The summed E-state index contributed by atoms with van der Waals surface area (Å²) in [5.41, 5.74) is 2.47. The molecule has 0 bridgehead atoms. The number of aliphatic carboxylic acids is 1. The number of carboxylic acid groups (broad SMARTS) is 1. The van der Waals surface area contributed by atoms with Crippen molar-refractivity contribution in [3.8, 4) is 0 Å². The zero-order valence-corrected chi connectivity index (χ0v) is 11.1. The Labute approximate surface area is 108 Å². The first-order valence-electron chi connectivity index (χ1n) is 6.00. The second kappa shape index (κ2) is 6.65. The molecule has 0 aliphatic rings. The maximum atomic E-state index is 10.6. The van der Waals surface area contributed by atoms with Gasteiger partial charge in [0.25, 0.3) is 0 Å². The summed E-state index contributed by atoms with van der Waals surface area (Å²) in [7, 11) is 0. The average Bonchev–Trinajstić information content (AvgIpc) is 2.35. The van der Waals surface area contributed by atoms with Crippen LogP contribution in [0.1, 0.15) is 43.7 Å². The van der Waals surface area contributed by atoms with Gasteiger partial charge in [0.05, 0.1) is 0 Å². The van der Waals surface area contributed by atoms with Crippen LogP contribution in [0.3, 0.4) is 0 Å². The number of aryl methyl sites for hydroxylation is 1. The number of hydrogen-bond acceptors (Lipinski definition) is 1. The summed E-state index contributed by atoms with van der Waals surface area (Å²) >= 11 is 5.67. The summed E-state index contributed by atoms with van der Waals surface area (Å²) in [5.74, 6) is -0.369. The number of halogens is 1. The highest BCUT2D eigenvalue weighted by Crippen LogP contribution is 2.19. The quantitative estimate of drug-likeness (QED) is 0.784. The van der Waals surface area contributed by atoms with E-state index in [0.29, 0.717) is 18.8 Å². The van der Waals surface area contributed by atoms with Crippen molar-refractivity contribution < 1.29 is 9.90 Å². The molecule has 0 spiro atoms. The third-order valence-corrected chi connectivity index (χ3v) is 3.52. The van der Waals surface area contributed by atoms with Crippen LogP contribution >= 0.6 is 11.6 Å². The Morgan fingerprint density at radius 2 is 1.94 bits per heavy atom. The van der Waals surface area contributed by atoms with Crippen molar-refractivity contribution in [3.63, 3.8) is 0 Å². The molecule has 1 aromatic carbocycles. The van der Waals surface area contributed by atoms with Crippen molar-refractivity contribution in [1.82, 2.24) is 0 Å². The molecule has 0 aromatic heterocycles. The van der Waals surface area contributed by atoms with Crippen LogP contribution in [-0.4, -0.2) is 16.5 Å². The van der Waals surface area contributed by atoms with Crippen LogP contribution in [0.25, 0.3) is 0 Å². The van der Waals surface area contributed by atoms with Gasteiger partial charge in [-0.15, -0.1) is 11.6 Å². The number of carboxylic acids is 1. The second-order valence-electron chi connectivity index (χ2n) is 4.40. The molecule has 2 unspecified atom stereocenters. The van der Waals surface area contributed by atoms with Gasteiger partial charge in [-0.1, -0.05) is 38.1 Å². The lowest BCUT2D eigenvalue weighted by atomic mass is 9.96. The molecule has 2 nitrogen and oxygen atoms in total. The molecule has 0 aliphatic heterocycles. The molecule has 0 aliphatic carbocycles. The van der Waals surface area contributed by atoms with E-state index in [2.05, 4.69) is 38.1 Å². The summed E-state index contributed by atoms with van der Waals surface area (Å²) in [4.78, 5) is 10.6. The van der Waals surface area contributed by atoms with Gasteiger partial charge in [0.15, 0.2) is 0 Å². The predicted octanol–water partition coefficient (Wildman–Crippen LogP) is 3.82. The topological polar surface area (TPSA) is 37.3 Å². The summed E-state index contributed by atoms with van der Waals surface area (Å²) in [6.07, 6.45) is 2.31. The third-order valence-electron chi connectivity index (χ3n) is 3.12. The van der Waals surface area contributed by atoms with Gasteiger partial charge in [0.1, 0.15) is 5.38 Å². The lowest BCUT2D eigenvalue weighted by Gasteiger charge is -2.10. The largest absolute Gasteiger partial charge is 0.480 e. The van der Waals surface area contributed by atoms with E-state index < -0.39 is 11.3 Å². The smallest absolute Gasteiger partial charge is 0.321 e. The Bertz CT molecular complexity index is 359. The van der Waals surface area contributed by atoms with E-state index in [-0.39, 0.29) is 0 Å². The number of benzene rings is 1. The standard InChI is InChI=1S/C14H19ClO2/c1-3-10(2)12-7-4-11(5-8-12)6-9-13(15)14(16)17/h4-5,7-8,10,13H,3,6,9H2,1-2H3,(H,16,17). The van der Waals surface area contributed by atoms with E-state index in [0.717, 1.165) is 12.0 Å². The zero-order valence-electron chi connectivity index (χ0n) is 10.3. The lowest BCUT2D eigenvalue weighted by Crippen LogP contribution is -2.13. The first kappa shape index (κ1) is 14.0. The van der Waals surface area contributed by atoms with Crippen molar-refractivity contribution >= 4 is 17.6 Å². The minimum Gasteiger partial charge on any atom is -0.480 e. The van der Waals surface area contributed by atoms with E-state index in [9.17, 15) is 4.79 Å². The van der Waals surface area contributed by atoms with Crippen molar-refractivity contribution in [2.75, 3.05) is 0 Å².